The van der Waals surface area contributed by atoms with E-state index in [-0.39, 0.29) is 17.9 Å². The number of hydrogen-bond acceptors (Lipinski definition) is 3. The molecule has 112 valence electrons. The first kappa shape index (κ1) is 15.2. The highest BCUT2D eigenvalue weighted by molar-refractivity contribution is 6.07. The van der Waals surface area contributed by atoms with Gasteiger partial charge in [-0.1, -0.05) is 32.9 Å². The Morgan fingerprint density at radius 1 is 1.19 bits per heavy atom. The third kappa shape index (κ3) is 3.12. The van der Waals surface area contributed by atoms with Gasteiger partial charge in [-0.3, -0.25) is 19.7 Å². The molecule has 0 spiro atoms. The van der Waals surface area contributed by atoms with E-state index in [1.54, 1.807) is 19.1 Å². The first-order chi connectivity index (χ1) is 9.70. The van der Waals surface area contributed by atoms with Crippen LogP contribution in [0.5, 0.6) is 0 Å². The summed E-state index contributed by atoms with van der Waals surface area (Å²) in [5.41, 5.74) is 1.62. The van der Waals surface area contributed by atoms with Crippen molar-refractivity contribution in [2.75, 3.05) is 6.54 Å². The summed E-state index contributed by atoms with van der Waals surface area (Å²) < 4.78 is 0. The van der Waals surface area contributed by atoms with Gasteiger partial charge in [-0.15, -0.1) is 0 Å². The van der Waals surface area contributed by atoms with E-state index >= 15 is 0 Å². The molecule has 1 atom stereocenters. The molecule has 1 N–H and O–H groups in total. The van der Waals surface area contributed by atoms with Crippen molar-refractivity contribution in [2.45, 2.75) is 39.2 Å². The monoisotopic (exact) mass is 288 g/mol. The molecule has 1 aromatic rings. The zero-order valence-electron chi connectivity index (χ0n) is 12.8. The van der Waals surface area contributed by atoms with Crippen LogP contribution in [-0.2, 0) is 15.0 Å². The van der Waals surface area contributed by atoms with Crippen LogP contribution in [-0.4, -0.2) is 35.2 Å². The Morgan fingerprint density at radius 3 is 2.29 bits per heavy atom. The second-order valence-corrected chi connectivity index (χ2v) is 6.35. The van der Waals surface area contributed by atoms with Crippen LogP contribution in [0.2, 0.25) is 0 Å². The second kappa shape index (κ2) is 5.31. The molecule has 1 aliphatic rings. The van der Waals surface area contributed by atoms with E-state index in [1.165, 1.54) is 4.90 Å². The van der Waals surface area contributed by atoms with Crippen molar-refractivity contribution in [2.24, 2.45) is 0 Å². The van der Waals surface area contributed by atoms with E-state index in [4.69, 9.17) is 0 Å². The Morgan fingerprint density at radius 2 is 1.76 bits per heavy atom. The van der Waals surface area contributed by atoms with Crippen LogP contribution in [0.15, 0.2) is 24.3 Å². The molecule has 0 aliphatic carbocycles. The summed E-state index contributed by atoms with van der Waals surface area (Å²) in [6.45, 7) is 7.81. The molecule has 0 radical (unpaired) electrons. The molecule has 0 saturated carbocycles. The molecule has 1 saturated heterocycles. The van der Waals surface area contributed by atoms with Crippen LogP contribution in [0.3, 0.4) is 0 Å². The summed E-state index contributed by atoms with van der Waals surface area (Å²) in [5.74, 6) is -1.19. The molecule has 1 fully saturated rings. The van der Waals surface area contributed by atoms with Crippen molar-refractivity contribution in [1.29, 1.82) is 0 Å². The van der Waals surface area contributed by atoms with E-state index in [0.717, 1.165) is 5.56 Å². The number of carbonyl (C=O) groups is 3. The molecular weight excluding hydrogens is 268 g/mol. The van der Waals surface area contributed by atoms with Crippen molar-refractivity contribution in [1.82, 2.24) is 10.2 Å². The highest BCUT2D eigenvalue weighted by atomic mass is 16.2. The molecule has 0 bridgehead atoms. The van der Waals surface area contributed by atoms with Gasteiger partial charge in [0.1, 0.15) is 12.6 Å². The Bertz CT molecular complexity index is 585. The first-order valence-corrected chi connectivity index (χ1v) is 6.95. The van der Waals surface area contributed by atoms with Gasteiger partial charge in [0.05, 0.1) is 0 Å². The van der Waals surface area contributed by atoms with Crippen LogP contribution in [0, 0.1) is 0 Å². The molecule has 2 rings (SSSR count). The third-order valence-corrected chi connectivity index (χ3v) is 3.68. The number of carbonyl (C=O) groups excluding carboxylic acids is 3. The minimum Gasteiger partial charge on any atom is -0.318 e. The lowest BCUT2D eigenvalue weighted by Crippen LogP contribution is -2.58. The van der Waals surface area contributed by atoms with Gasteiger partial charge in [-0.2, -0.15) is 0 Å². The summed E-state index contributed by atoms with van der Waals surface area (Å²) in [5, 5.41) is 2.22. The molecule has 1 aliphatic heterocycles. The molecular formula is C16H20N2O3. The number of nitrogens with one attached hydrogen (secondary N) is 1. The average Bonchev–Trinajstić information content (AvgIpc) is 2.41. The predicted octanol–water partition coefficient (Wildman–Crippen LogP) is 1.47. The second-order valence-electron chi connectivity index (χ2n) is 6.35. The Labute approximate surface area is 124 Å². The molecule has 5 heteroatoms. The average molecular weight is 288 g/mol. The predicted molar refractivity (Wildman–Crippen MR) is 78.8 cm³/mol. The van der Waals surface area contributed by atoms with Gasteiger partial charge in [0.15, 0.2) is 0 Å². The Kier molecular flexibility index (Phi) is 3.85. The van der Waals surface area contributed by atoms with Crippen LogP contribution in [0.4, 0.5) is 0 Å². The minimum atomic E-state index is -0.641. The van der Waals surface area contributed by atoms with Crippen LogP contribution in [0.25, 0.3) is 0 Å². The van der Waals surface area contributed by atoms with Gasteiger partial charge in [-0.25, -0.2) is 0 Å². The summed E-state index contributed by atoms with van der Waals surface area (Å²) in [6.07, 6.45) is 0. The van der Waals surface area contributed by atoms with Gasteiger partial charge in [0.25, 0.3) is 5.91 Å². The van der Waals surface area contributed by atoms with Gasteiger partial charge < -0.3 is 4.90 Å². The van der Waals surface area contributed by atoms with E-state index < -0.39 is 17.9 Å². The Hall–Kier alpha value is -2.17. The van der Waals surface area contributed by atoms with Crippen LogP contribution in [0.1, 0.15) is 43.6 Å². The number of nitrogens with zero attached hydrogens (tertiary/aromatic N) is 1. The maximum atomic E-state index is 12.5. The SMILES string of the molecule is CC1C(=O)NC(=O)CN1C(=O)c1ccc(C(C)(C)C)cc1. The fourth-order valence-corrected chi connectivity index (χ4v) is 2.24. The largest absolute Gasteiger partial charge is 0.318 e. The van der Waals surface area contributed by atoms with E-state index in [2.05, 4.69) is 26.1 Å². The highest BCUT2D eigenvalue weighted by Gasteiger charge is 2.33. The van der Waals surface area contributed by atoms with Gasteiger partial charge >= 0.3 is 0 Å². The van der Waals surface area contributed by atoms with E-state index in [0.29, 0.717) is 5.56 Å². The Balaban J connectivity index is 2.23. The number of hydrogen-bond donors (Lipinski definition) is 1. The topological polar surface area (TPSA) is 66.5 Å². The van der Waals surface area contributed by atoms with Crippen molar-refractivity contribution in [3.63, 3.8) is 0 Å². The zero-order chi connectivity index (χ0) is 15.8. The maximum Gasteiger partial charge on any atom is 0.254 e. The van der Waals surface area contributed by atoms with Crippen molar-refractivity contribution < 1.29 is 14.4 Å². The number of amides is 3. The number of benzene rings is 1. The maximum absolute atomic E-state index is 12.5. The molecule has 1 aromatic carbocycles. The summed E-state index contributed by atoms with van der Waals surface area (Å²) in [7, 11) is 0. The molecule has 5 nitrogen and oxygen atoms in total. The van der Waals surface area contributed by atoms with Crippen LogP contribution < -0.4 is 5.32 Å². The smallest absolute Gasteiger partial charge is 0.254 e. The lowest BCUT2D eigenvalue weighted by atomic mass is 9.86. The summed E-state index contributed by atoms with van der Waals surface area (Å²) in [4.78, 5) is 36.8. The summed E-state index contributed by atoms with van der Waals surface area (Å²) in [6, 6.07) is 6.66. The molecule has 21 heavy (non-hydrogen) atoms. The fraction of sp³-hybridized carbons (Fsp3) is 0.438. The number of imide groups is 1. The molecule has 0 aromatic heterocycles. The molecule has 1 unspecified atom stereocenters. The standard InChI is InChI=1S/C16H20N2O3/c1-10-14(20)17-13(19)9-18(10)15(21)11-5-7-12(8-6-11)16(2,3)4/h5-8,10H,9H2,1-4H3,(H,17,19,20). The van der Waals surface area contributed by atoms with Crippen molar-refractivity contribution in [3.8, 4) is 0 Å². The minimum absolute atomic E-state index is 0.00977. The first-order valence-electron chi connectivity index (χ1n) is 6.95. The number of piperazine rings is 1. The fourth-order valence-electron chi connectivity index (χ4n) is 2.24. The third-order valence-electron chi connectivity index (χ3n) is 3.68. The normalized spacial score (nSPS) is 19.4. The van der Waals surface area contributed by atoms with Gasteiger partial charge in [-0.05, 0) is 30.0 Å². The van der Waals surface area contributed by atoms with Crippen LogP contribution >= 0.6 is 0 Å². The van der Waals surface area contributed by atoms with E-state index in [1.807, 2.05) is 12.1 Å². The number of rotatable bonds is 1. The van der Waals surface area contributed by atoms with Crippen molar-refractivity contribution in [3.05, 3.63) is 35.4 Å². The quantitative estimate of drug-likeness (QED) is 0.796. The molecule has 3 amide bonds. The lowest BCUT2D eigenvalue weighted by molar-refractivity contribution is -0.138. The van der Waals surface area contributed by atoms with Gasteiger partial charge in [0, 0.05) is 5.56 Å². The van der Waals surface area contributed by atoms with Gasteiger partial charge in [0.2, 0.25) is 11.8 Å². The van der Waals surface area contributed by atoms with E-state index in [9.17, 15) is 14.4 Å². The highest BCUT2D eigenvalue weighted by Crippen LogP contribution is 2.23. The van der Waals surface area contributed by atoms with Crippen molar-refractivity contribution >= 4 is 17.7 Å². The zero-order valence-corrected chi connectivity index (χ0v) is 12.8. The molecule has 1 heterocycles. The lowest BCUT2D eigenvalue weighted by Gasteiger charge is -2.31. The summed E-state index contributed by atoms with van der Waals surface area (Å²) >= 11 is 0.